The molecule has 4 aromatic rings. The van der Waals surface area contributed by atoms with Gasteiger partial charge in [0.1, 0.15) is 5.65 Å². The van der Waals surface area contributed by atoms with Crippen molar-refractivity contribution in [3.05, 3.63) is 70.7 Å². The van der Waals surface area contributed by atoms with Crippen LogP contribution in [0.15, 0.2) is 53.7 Å². The number of aromatic nitrogens is 4. The number of pyridine rings is 1. The molecular weight excluding hydrogens is 276 g/mol. The molecule has 0 aromatic carbocycles. The molecule has 0 radical (unpaired) electrons. The monoisotopic (exact) mass is 290 g/mol. The Kier molecular flexibility index (Phi) is 2.63. The van der Waals surface area contributed by atoms with E-state index in [9.17, 15) is 4.79 Å². The van der Waals surface area contributed by atoms with Crippen LogP contribution in [0.25, 0.3) is 22.4 Å². The molecule has 0 aliphatic heterocycles. The van der Waals surface area contributed by atoms with Crippen LogP contribution in [0.1, 0.15) is 11.4 Å². The van der Waals surface area contributed by atoms with Crippen molar-refractivity contribution in [1.82, 2.24) is 18.8 Å². The molecule has 5 nitrogen and oxygen atoms in total. The van der Waals surface area contributed by atoms with Gasteiger partial charge in [-0.1, -0.05) is 6.07 Å². The standard InChI is InChI=1S/C17H14N4O/c1-11-9-20-10-13(7-15(20)12(2)18-11)14-8-17(22)21-6-4-3-5-16(21)19-14/h3-10H,1-2H3. The van der Waals surface area contributed by atoms with E-state index in [2.05, 4.69) is 9.97 Å². The molecule has 0 N–H and O–H groups in total. The van der Waals surface area contributed by atoms with Crippen LogP contribution in [0.3, 0.4) is 0 Å². The zero-order chi connectivity index (χ0) is 15.3. The van der Waals surface area contributed by atoms with Gasteiger partial charge in [-0.15, -0.1) is 0 Å². The van der Waals surface area contributed by atoms with E-state index in [1.54, 1.807) is 12.3 Å². The Labute approximate surface area is 126 Å². The molecule has 0 bridgehead atoms. The van der Waals surface area contributed by atoms with Gasteiger partial charge in [0.05, 0.1) is 22.6 Å². The number of hydrogen-bond acceptors (Lipinski definition) is 3. The predicted molar refractivity (Wildman–Crippen MR) is 85.1 cm³/mol. The second-order valence-corrected chi connectivity index (χ2v) is 5.40. The number of nitrogens with zero attached hydrogens (tertiary/aromatic N) is 4. The molecule has 0 atom stereocenters. The first kappa shape index (κ1) is 12.8. The van der Waals surface area contributed by atoms with E-state index in [0.29, 0.717) is 11.3 Å². The highest BCUT2D eigenvalue weighted by Crippen LogP contribution is 2.22. The van der Waals surface area contributed by atoms with Gasteiger partial charge in [0.2, 0.25) is 0 Å². The summed E-state index contributed by atoms with van der Waals surface area (Å²) in [6, 6.07) is 9.11. The van der Waals surface area contributed by atoms with Crippen molar-refractivity contribution >= 4 is 11.2 Å². The summed E-state index contributed by atoms with van der Waals surface area (Å²) >= 11 is 0. The van der Waals surface area contributed by atoms with E-state index in [4.69, 9.17) is 0 Å². The van der Waals surface area contributed by atoms with Crippen LogP contribution in [0.4, 0.5) is 0 Å². The maximum absolute atomic E-state index is 12.2. The third-order valence-corrected chi connectivity index (χ3v) is 3.76. The molecular formula is C17H14N4O. The van der Waals surface area contributed by atoms with Gasteiger partial charge in [-0.3, -0.25) is 14.2 Å². The third-order valence-electron chi connectivity index (χ3n) is 3.76. The lowest BCUT2D eigenvalue weighted by atomic mass is 10.2. The van der Waals surface area contributed by atoms with E-state index in [-0.39, 0.29) is 5.56 Å². The SMILES string of the molecule is Cc1cn2cc(-c3cc(=O)n4ccccc4n3)cc2c(C)n1. The molecule has 0 unspecified atom stereocenters. The summed E-state index contributed by atoms with van der Waals surface area (Å²) in [4.78, 5) is 21.3. The summed E-state index contributed by atoms with van der Waals surface area (Å²) < 4.78 is 3.57. The Bertz CT molecular complexity index is 1080. The van der Waals surface area contributed by atoms with Crippen LogP contribution in [0, 0.1) is 13.8 Å². The third kappa shape index (κ3) is 1.90. The summed E-state index contributed by atoms with van der Waals surface area (Å²) in [7, 11) is 0. The first-order valence-corrected chi connectivity index (χ1v) is 7.06. The molecule has 4 heterocycles. The smallest absolute Gasteiger partial charge is 0.258 e. The highest BCUT2D eigenvalue weighted by Gasteiger charge is 2.09. The van der Waals surface area contributed by atoms with Crippen molar-refractivity contribution in [3.63, 3.8) is 0 Å². The number of rotatable bonds is 1. The fraction of sp³-hybridized carbons (Fsp3) is 0.118. The molecule has 0 aliphatic rings. The number of hydrogen-bond donors (Lipinski definition) is 0. The lowest BCUT2D eigenvalue weighted by Gasteiger charge is -2.01. The highest BCUT2D eigenvalue weighted by atomic mass is 16.1. The topological polar surface area (TPSA) is 51.7 Å². The Hall–Kier alpha value is -2.95. The summed E-state index contributed by atoms with van der Waals surface area (Å²) in [6.45, 7) is 3.95. The minimum Gasteiger partial charge on any atom is -0.320 e. The van der Waals surface area contributed by atoms with Gasteiger partial charge >= 0.3 is 0 Å². The van der Waals surface area contributed by atoms with E-state index in [1.165, 1.54) is 4.40 Å². The molecule has 0 saturated heterocycles. The van der Waals surface area contributed by atoms with Gasteiger partial charge in [0.15, 0.2) is 0 Å². The second-order valence-electron chi connectivity index (χ2n) is 5.40. The first-order chi connectivity index (χ1) is 10.6. The van der Waals surface area contributed by atoms with E-state index in [1.807, 2.05) is 54.9 Å². The average molecular weight is 290 g/mol. The number of aryl methyl sites for hydroxylation is 2. The minimum atomic E-state index is -0.0816. The molecule has 0 aliphatic carbocycles. The number of fused-ring (bicyclic) bond motifs is 2. The lowest BCUT2D eigenvalue weighted by Crippen LogP contribution is -2.13. The summed E-state index contributed by atoms with van der Waals surface area (Å²) in [5.41, 5.74) is 5.10. The largest absolute Gasteiger partial charge is 0.320 e. The van der Waals surface area contributed by atoms with Crippen LogP contribution in [-0.2, 0) is 0 Å². The maximum atomic E-state index is 12.2. The van der Waals surface area contributed by atoms with Crippen LogP contribution in [0.5, 0.6) is 0 Å². The molecule has 22 heavy (non-hydrogen) atoms. The highest BCUT2D eigenvalue weighted by molar-refractivity contribution is 5.70. The Morgan fingerprint density at radius 3 is 2.77 bits per heavy atom. The minimum absolute atomic E-state index is 0.0816. The zero-order valence-electron chi connectivity index (χ0n) is 12.3. The molecule has 5 heteroatoms. The zero-order valence-corrected chi connectivity index (χ0v) is 12.3. The van der Waals surface area contributed by atoms with Crippen molar-refractivity contribution in [2.24, 2.45) is 0 Å². The molecule has 0 amide bonds. The van der Waals surface area contributed by atoms with Gasteiger partial charge < -0.3 is 4.40 Å². The van der Waals surface area contributed by atoms with Crippen molar-refractivity contribution in [2.75, 3.05) is 0 Å². The fourth-order valence-corrected chi connectivity index (χ4v) is 2.77. The van der Waals surface area contributed by atoms with Crippen molar-refractivity contribution < 1.29 is 0 Å². The van der Waals surface area contributed by atoms with Crippen LogP contribution >= 0.6 is 0 Å². The Morgan fingerprint density at radius 2 is 1.91 bits per heavy atom. The summed E-state index contributed by atoms with van der Waals surface area (Å²) in [5.74, 6) is 0. The molecule has 0 spiro atoms. The quantitative estimate of drug-likeness (QED) is 0.541. The second kappa shape index (κ2) is 4.53. The molecule has 4 rings (SSSR count). The van der Waals surface area contributed by atoms with Crippen molar-refractivity contribution in [2.45, 2.75) is 13.8 Å². The van der Waals surface area contributed by atoms with Gasteiger partial charge in [0.25, 0.3) is 5.56 Å². The Balaban J connectivity index is 1.99. The molecule has 108 valence electrons. The molecule has 0 fully saturated rings. The van der Waals surface area contributed by atoms with Gasteiger partial charge in [-0.05, 0) is 32.0 Å². The van der Waals surface area contributed by atoms with Gasteiger partial charge in [-0.2, -0.15) is 0 Å². The lowest BCUT2D eigenvalue weighted by molar-refractivity contribution is 1.04. The van der Waals surface area contributed by atoms with Gasteiger partial charge in [0, 0.05) is 30.2 Å². The fourth-order valence-electron chi connectivity index (χ4n) is 2.77. The molecule has 4 aromatic heterocycles. The van der Waals surface area contributed by atoms with Crippen molar-refractivity contribution in [3.8, 4) is 11.3 Å². The van der Waals surface area contributed by atoms with Gasteiger partial charge in [-0.25, -0.2) is 4.98 Å². The van der Waals surface area contributed by atoms with E-state index < -0.39 is 0 Å². The maximum Gasteiger partial charge on any atom is 0.258 e. The Morgan fingerprint density at radius 1 is 1.05 bits per heavy atom. The molecule has 0 saturated carbocycles. The van der Waals surface area contributed by atoms with E-state index >= 15 is 0 Å². The van der Waals surface area contributed by atoms with Crippen LogP contribution in [-0.4, -0.2) is 18.8 Å². The van der Waals surface area contributed by atoms with Crippen molar-refractivity contribution in [1.29, 1.82) is 0 Å². The first-order valence-electron chi connectivity index (χ1n) is 7.06. The normalized spacial score (nSPS) is 11.4. The summed E-state index contributed by atoms with van der Waals surface area (Å²) in [5, 5.41) is 0. The van der Waals surface area contributed by atoms with Crippen LogP contribution < -0.4 is 5.56 Å². The predicted octanol–water partition coefficient (Wildman–Crippen LogP) is 2.63. The van der Waals surface area contributed by atoms with Crippen LogP contribution in [0.2, 0.25) is 0 Å². The average Bonchev–Trinajstić information content (AvgIpc) is 2.91. The summed E-state index contributed by atoms with van der Waals surface area (Å²) in [6.07, 6.45) is 5.68. The van der Waals surface area contributed by atoms with E-state index in [0.717, 1.165) is 22.5 Å².